The summed E-state index contributed by atoms with van der Waals surface area (Å²) in [4.78, 5) is 25.6. The fraction of sp³-hybridized carbons (Fsp3) is 0.263. The molecule has 0 spiro atoms. The highest BCUT2D eigenvalue weighted by Crippen LogP contribution is 2.35. The highest BCUT2D eigenvalue weighted by atomic mass is 16.3. The largest absolute Gasteiger partial charge is 0.388 e. The van der Waals surface area contributed by atoms with E-state index >= 15 is 0 Å². The van der Waals surface area contributed by atoms with E-state index in [0.717, 1.165) is 11.1 Å². The second-order valence-corrected chi connectivity index (χ2v) is 5.79. The van der Waals surface area contributed by atoms with Crippen molar-refractivity contribution >= 4 is 11.6 Å². The van der Waals surface area contributed by atoms with Crippen LogP contribution in [0.5, 0.6) is 0 Å². The number of rotatable bonds is 2. The van der Waals surface area contributed by atoms with E-state index < -0.39 is 6.10 Å². The Bertz CT molecular complexity index is 803. The Labute approximate surface area is 129 Å². The van der Waals surface area contributed by atoms with Crippen LogP contribution in [-0.2, 0) is 0 Å². The molecule has 112 valence electrons. The number of hydrogen-bond acceptors (Lipinski definition) is 3. The van der Waals surface area contributed by atoms with Gasteiger partial charge in [-0.3, -0.25) is 9.59 Å². The van der Waals surface area contributed by atoms with Crippen molar-refractivity contribution in [1.82, 2.24) is 0 Å². The molecule has 2 aromatic rings. The number of benzene rings is 2. The third-order valence-electron chi connectivity index (χ3n) is 4.44. The van der Waals surface area contributed by atoms with Crippen LogP contribution < -0.4 is 0 Å². The maximum atomic E-state index is 12.9. The molecule has 0 saturated heterocycles. The Hall–Kier alpha value is -2.26. The molecular formula is C19H18O3. The summed E-state index contributed by atoms with van der Waals surface area (Å²) in [6.45, 7) is 5.52. The van der Waals surface area contributed by atoms with Crippen LogP contribution >= 0.6 is 0 Å². The van der Waals surface area contributed by atoms with E-state index in [1.807, 2.05) is 26.8 Å². The molecule has 3 nitrogen and oxygen atoms in total. The SMILES string of the molecule is CCC(O)c1cc(C)c2c(c1C)C(=O)c1ccccc1C2=O. The molecular weight excluding hydrogens is 276 g/mol. The predicted molar refractivity (Wildman–Crippen MR) is 84.5 cm³/mol. The molecule has 0 radical (unpaired) electrons. The maximum Gasteiger partial charge on any atom is 0.194 e. The lowest BCUT2D eigenvalue weighted by molar-refractivity contribution is 0.0977. The second-order valence-electron chi connectivity index (χ2n) is 5.79. The Kier molecular flexibility index (Phi) is 3.45. The summed E-state index contributed by atoms with van der Waals surface area (Å²) in [6, 6.07) is 8.76. The number of fused-ring (bicyclic) bond motifs is 2. The first-order valence-corrected chi connectivity index (χ1v) is 7.48. The summed E-state index contributed by atoms with van der Waals surface area (Å²) >= 11 is 0. The number of aliphatic hydroxyl groups is 1. The summed E-state index contributed by atoms with van der Waals surface area (Å²) in [5.41, 5.74) is 4.04. The van der Waals surface area contributed by atoms with Crippen LogP contribution in [0.15, 0.2) is 30.3 Å². The lowest BCUT2D eigenvalue weighted by atomic mass is 9.78. The van der Waals surface area contributed by atoms with Crippen LogP contribution in [0.25, 0.3) is 0 Å². The number of aliphatic hydroxyl groups excluding tert-OH is 1. The Balaban J connectivity index is 2.33. The first-order valence-electron chi connectivity index (χ1n) is 7.48. The topological polar surface area (TPSA) is 54.4 Å². The fourth-order valence-electron chi connectivity index (χ4n) is 3.23. The van der Waals surface area contributed by atoms with Crippen LogP contribution in [0.1, 0.15) is 68.0 Å². The van der Waals surface area contributed by atoms with Crippen molar-refractivity contribution in [2.24, 2.45) is 0 Å². The summed E-state index contributed by atoms with van der Waals surface area (Å²) in [7, 11) is 0. The van der Waals surface area contributed by atoms with Gasteiger partial charge in [-0.1, -0.05) is 37.3 Å². The molecule has 1 aliphatic carbocycles. The lowest BCUT2D eigenvalue weighted by Gasteiger charge is -2.24. The molecule has 0 bridgehead atoms. The van der Waals surface area contributed by atoms with Crippen molar-refractivity contribution in [3.63, 3.8) is 0 Å². The Morgan fingerprint density at radius 1 is 1.00 bits per heavy atom. The first-order chi connectivity index (χ1) is 10.5. The average Bonchev–Trinajstić information content (AvgIpc) is 2.53. The monoisotopic (exact) mass is 294 g/mol. The number of aryl methyl sites for hydroxylation is 1. The molecule has 3 heteroatoms. The zero-order valence-electron chi connectivity index (χ0n) is 12.9. The minimum Gasteiger partial charge on any atom is -0.388 e. The highest BCUT2D eigenvalue weighted by molar-refractivity contribution is 6.29. The smallest absolute Gasteiger partial charge is 0.194 e. The molecule has 0 fully saturated rings. The molecule has 0 saturated carbocycles. The molecule has 1 aliphatic rings. The Morgan fingerprint density at radius 3 is 2.09 bits per heavy atom. The van der Waals surface area contributed by atoms with Crippen molar-refractivity contribution in [2.45, 2.75) is 33.3 Å². The van der Waals surface area contributed by atoms with Gasteiger partial charge in [0, 0.05) is 22.3 Å². The number of hydrogen-bond donors (Lipinski definition) is 1. The van der Waals surface area contributed by atoms with E-state index in [2.05, 4.69) is 0 Å². The van der Waals surface area contributed by atoms with Crippen molar-refractivity contribution in [2.75, 3.05) is 0 Å². The third-order valence-corrected chi connectivity index (χ3v) is 4.44. The quantitative estimate of drug-likeness (QED) is 0.786. The van der Waals surface area contributed by atoms with E-state index in [1.54, 1.807) is 24.3 Å². The molecule has 3 rings (SSSR count). The zero-order valence-corrected chi connectivity index (χ0v) is 12.9. The van der Waals surface area contributed by atoms with E-state index in [0.29, 0.717) is 34.2 Å². The molecule has 0 aromatic heterocycles. The van der Waals surface area contributed by atoms with E-state index in [-0.39, 0.29) is 11.6 Å². The summed E-state index contributed by atoms with van der Waals surface area (Å²) < 4.78 is 0. The van der Waals surface area contributed by atoms with Gasteiger partial charge in [-0.05, 0) is 37.0 Å². The van der Waals surface area contributed by atoms with Gasteiger partial charge in [-0.15, -0.1) is 0 Å². The number of carbonyl (C=O) groups excluding carboxylic acids is 2. The number of carbonyl (C=O) groups is 2. The van der Waals surface area contributed by atoms with Gasteiger partial charge in [0.2, 0.25) is 0 Å². The van der Waals surface area contributed by atoms with Gasteiger partial charge in [0.15, 0.2) is 11.6 Å². The van der Waals surface area contributed by atoms with Crippen LogP contribution in [0.3, 0.4) is 0 Å². The van der Waals surface area contributed by atoms with Crippen LogP contribution in [0.4, 0.5) is 0 Å². The molecule has 1 atom stereocenters. The van der Waals surface area contributed by atoms with Crippen LogP contribution in [-0.4, -0.2) is 16.7 Å². The molecule has 0 amide bonds. The fourth-order valence-corrected chi connectivity index (χ4v) is 3.23. The van der Waals surface area contributed by atoms with Crippen LogP contribution in [0.2, 0.25) is 0 Å². The van der Waals surface area contributed by atoms with Gasteiger partial charge < -0.3 is 5.11 Å². The van der Waals surface area contributed by atoms with E-state index in [4.69, 9.17) is 0 Å². The van der Waals surface area contributed by atoms with E-state index in [1.165, 1.54) is 0 Å². The molecule has 0 heterocycles. The van der Waals surface area contributed by atoms with Gasteiger partial charge >= 0.3 is 0 Å². The van der Waals surface area contributed by atoms with Crippen molar-refractivity contribution in [1.29, 1.82) is 0 Å². The minimum absolute atomic E-state index is 0.108. The summed E-state index contributed by atoms with van der Waals surface area (Å²) in [5, 5.41) is 10.2. The van der Waals surface area contributed by atoms with E-state index in [9.17, 15) is 14.7 Å². The van der Waals surface area contributed by atoms with Gasteiger partial charge in [-0.25, -0.2) is 0 Å². The van der Waals surface area contributed by atoms with Crippen molar-refractivity contribution in [3.8, 4) is 0 Å². The highest BCUT2D eigenvalue weighted by Gasteiger charge is 2.33. The van der Waals surface area contributed by atoms with Gasteiger partial charge in [0.25, 0.3) is 0 Å². The molecule has 2 aromatic carbocycles. The predicted octanol–water partition coefficient (Wildman–Crippen LogP) is 3.52. The first kappa shape index (κ1) is 14.7. The third kappa shape index (κ3) is 1.93. The maximum absolute atomic E-state index is 12.9. The normalized spacial score (nSPS) is 14.5. The number of ketones is 2. The standard InChI is InChI=1S/C19H18O3/c1-4-15(20)14-9-10(2)16-17(11(14)3)19(22)13-8-6-5-7-12(13)18(16)21/h5-9,15,20H,4H2,1-3H3. The molecule has 1 unspecified atom stereocenters. The lowest BCUT2D eigenvalue weighted by Crippen LogP contribution is -2.24. The summed E-state index contributed by atoms with van der Waals surface area (Å²) in [6.07, 6.45) is -0.0540. The van der Waals surface area contributed by atoms with Gasteiger partial charge in [0.05, 0.1) is 6.10 Å². The van der Waals surface area contributed by atoms with Gasteiger partial charge in [0.1, 0.15) is 0 Å². The molecule has 0 aliphatic heterocycles. The van der Waals surface area contributed by atoms with Crippen molar-refractivity contribution < 1.29 is 14.7 Å². The minimum atomic E-state index is -0.621. The molecule has 1 N–H and O–H groups in total. The Morgan fingerprint density at radius 2 is 1.55 bits per heavy atom. The van der Waals surface area contributed by atoms with Gasteiger partial charge in [-0.2, -0.15) is 0 Å². The zero-order chi connectivity index (χ0) is 16.0. The summed E-state index contributed by atoms with van der Waals surface area (Å²) in [5.74, 6) is -0.237. The molecule has 22 heavy (non-hydrogen) atoms. The average molecular weight is 294 g/mol. The van der Waals surface area contributed by atoms with Crippen molar-refractivity contribution in [3.05, 3.63) is 69.3 Å². The second kappa shape index (κ2) is 5.18. The van der Waals surface area contributed by atoms with Crippen LogP contribution in [0, 0.1) is 13.8 Å².